The number of hydrogen-bond acceptors (Lipinski definition) is 1. The lowest BCUT2D eigenvalue weighted by Crippen LogP contribution is -2.26. The lowest BCUT2D eigenvalue weighted by atomic mass is 10.00. The Balaban J connectivity index is 1.96. The summed E-state index contributed by atoms with van der Waals surface area (Å²) in [6.07, 6.45) is -0.268. The van der Waals surface area contributed by atoms with Crippen molar-refractivity contribution in [3.63, 3.8) is 0 Å². The molecule has 3 rings (SSSR count). The molecule has 0 unspecified atom stereocenters. The number of halogens is 2. The maximum Gasteiger partial charge on any atom is 0.263 e. The van der Waals surface area contributed by atoms with E-state index < -0.39 is 13.4 Å². The van der Waals surface area contributed by atoms with Crippen molar-refractivity contribution >= 4 is 10.9 Å². The molecule has 0 saturated carbocycles. The van der Waals surface area contributed by atoms with Gasteiger partial charge < -0.3 is 9.88 Å². The number of nitrogens with zero attached hydrogens (tertiary/aromatic N) is 1. The zero-order valence-corrected chi connectivity index (χ0v) is 11.4. The first-order valence-electron chi connectivity index (χ1n) is 8.43. The monoisotopic (exact) mass is 281 g/mol. The van der Waals surface area contributed by atoms with Crippen molar-refractivity contribution in [2.45, 2.75) is 38.7 Å². The Hall–Kier alpha value is -1.42. The van der Waals surface area contributed by atoms with Crippen LogP contribution in [0, 0.1) is 6.92 Å². The molecule has 1 N–H and O–H groups in total. The molecule has 0 bridgehead atoms. The highest BCUT2D eigenvalue weighted by molar-refractivity contribution is 5.85. The van der Waals surface area contributed by atoms with E-state index in [2.05, 4.69) is 4.98 Å². The number of fused-ring (bicyclic) bond motifs is 1. The minimum atomic E-state index is -2.51. The van der Waals surface area contributed by atoms with Crippen LogP contribution in [0.5, 0.6) is 0 Å². The second-order valence-electron chi connectivity index (χ2n) is 5.53. The summed E-state index contributed by atoms with van der Waals surface area (Å²) in [4.78, 5) is 4.77. The Morgan fingerprint density at radius 3 is 3.10 bits per heavy atom. The van der Waals surface area contributed by atoms with E-state index in [4.69, 9.17) is 4.11 Å². The van der Waals surface area contributed by atoms with Crippen molar-refractivity contribution in [2.24, 2.45) is 0 Å². The van der Waals surface area contributed by atoms with Gasteiger partial charge in [-0.15, -0.1) is 0 Å². The molecule has 108 valence electrons. The molecule has 0 spiro atoms. The summed E-state index contributed by atoms with van der Waals surface area (Å²) in [6, 6.07) is 4.55. The number of aromatic amines is 1. The van der Waals surface area contributed by atoms with Crippen molar-refractivity contribution in [2.75, 3.05) is 13.5 Å². The summed E-state index contributed by atoms with van der Waals surface area (Å²) in [5.41, 5.74) is 2.68. The Bertz CT molecular complexity index is 709. The van der Waals surface area contributed by atoms with Gasteiger partial charge in [0.15, 0.2) is 0 Å². The van der Waals surface area contributed by atoms with E-state index in [1.54, 1.807) is 11.0 Å². The van der Waals surface area contributed by atoms with Crippen LogP contribution in [0.4, 0.5) is 8.78 Å². The van der Waals surface area contributed by atoms with Crippen LogP contribution in [0.1, 0.15) is 40.2 Å². The van der Waals surface area contributed by atoms with Gasteiger partial charge in [0.05, 0.1) is 0 Å². The molecule has 1 aliphatic heterocycles. The molecule has 1 saturated heterocycles. The summed E-state index contributed by atoms with van der Waals surface area (Å²) in [5.74, 6) is 0. The summed E-state index contributed by atoms with van der Waals surface area (Å²) >= 11 is 0. The van der Waals surface area contributed by atoms with Crippen LogP contribution in [0.15, 0.2) is 18.2 Å². The van der Waals surface area contributed by atoms with Crippen LogP contribution < -0.4 is 0 Å². The van der Waals surface area contributed by atoms with Crippen LogP contribution in [0.25, 0.3) is 10.9 Å². The third kappa shape index (κ3) is 2.33. The minimum Gasteiger partial charge on any atom is -0.358 e. The van der Waals surface area contributed by atoms with Crippen LogP contribution >= 0.6 is 0 Å². The first-order valence-corrected chi connectivity index (χ1v) is 6.93. The molecular weight excluding hydrogens is 258 g/mol. The summed E-state index contributed by atoms with van der Waals surface area (Å²) < 4.78 is 48.9. The molecule has 1 fully saturated rings. The van der Waals surface area contributed by atoms with E-state index in [9.17, 15) is 8.78 Å². The van der Waals surface area contributed by atoms with Crippen molar-refractivity contribution in [1.82, 2.24) is 9.88 Å². The minimum absolute atomic E-state index is 0.00292. The van der Waals surface area contributed by atoms with Crippen LogP contribution in [-0.2, 0) is 6.42 Å². The molecule has 1 aromatic carbocycles. The number of aromatic nitrogens is 1. The number of alkyl halides is 2. The fourth-order valence-electron chi connectivity index (χ4n) is 3.08. The van der Waals surface area contributed by atoms with Crippen molar-refractivity contribution in [3.05, 3.63) is 35.0 Å². The molecule has 1 atom stereocenters. The van der Waals surface area contributed by atoms with Crippen LogP contribution in [0.3, 0.4) is 0 Å². The zero-order chi connectivity index (χ0) is 16.8. The Morgan fingerprint density at radius 2 is 2.35 bits per heavy atom. The highest BCUT2D eigenvalue weighted by atomic mass is 19.3. The van der Waals surface area contributed by atoms with Gasteiger partial charge >= 0.3 is 0 Å². The molecule has 1 aliphatic rings. The first-order chi connectivity index (χ1) is 10.8. The van der Waals surface area contributed by atoms with E-state index in [-0.39, 0.29) is 11.6 Å². The van der Waals surface area contributed by atoms with Crippen LogP contribution in [-0.4, -0.2) is 29.4 Å². The van der Waals surface area contributed by atoms with Gasteiger partial charge in [-0.05, 0) is 57.4 Å². The van der Waals surface area contributed by atoms with Gasteiger partial charge in [-0.25, -0.2) is 8.78 Å². The van der Waals surface area contributed by atoms with Crippen LogP contribution in [0.2, 0.25) is 0 Å². The lowest BCUT2D eigenvalue weighted by Gasteiger charge is -2.19. The van der Waals surface area contributed by atoms with E-state index >= 15 is 0 Å². The number of hydrogen-bond donors (Lipinski definition) is 1. The number of aryl methyl sites for hydroxylation is 1. The van der Waals surface area contributed by atoms with Crippen molar-refractivity contribution in [3.8, 4) is 0 Å². The van der Waals surface area contributed by atoms with Gasteiger partial charge in [-0.3, -0.25) is 0 Å². The van der Waals surface area contributed by atoms with Crippen molar-refractivity contribution in [1.29, 1.82) is 0 Å². The molecule has 0 radical (unpaired) electrons. The smallest absolute Gasteiger partial charge is 0.263 e. The molecule has 20 heavy (non-hydrogen) atoms. The predicted molar refractivity (Wildman–Crippen MR) is 77.3 cm³/mol. The predicted octanol–water partition coefficient (Wildman–Crippen LogP) is 4.05. The van der Waals surface area contributed by atoms with E-state index in [0.29, 0.717) is 13.0 Å². The number of likely N-dealkylation sites (tertiary alicyclic amines) is 1. The average Bonchev–Trinajstić information content (AvgIpc) is 3.04. The second-order valence-corrected chi connectivity index (χ2v) is 5.53. The Labute approximate surface area is 122 Å². The Kier molecular flexibility index (Phi) is 2.67. The molecule has 2 aromatic rings. The molecule has 0 amide bonds. The normalized spacial score (nSPS) is 23.2. The summed E-state index contributed by atoms with van der Waals surface area (Å²) in [6.45, 7) is 0.367. The first kappa shape index (κ1) is 10.3. The fraction of sp³-hybridized carbons (Fsp3) is 0.500. The van der Waals surface area contributed by atoms with E-state index in [1.807, 2.05) is 6.92 Å². The maximum absolute atomic E-state index is 13.0. The van der Waals surface area contributed by atoms with Gasteiger partial charge in [-0.1, -0.05) is 6.07 Å². The van der Waals surface area contributed by atoms with E-state index in [0.717, 1.165) is 35.0 Å². The highest BCUT2D eigenvalue weighted by Gasteiger charge is 2.23. The third-order valence-corrected chi connectivity index (χ3v) is 4.21. The number of benzene rings is 1. The number of likely N-dealkylation sites (N-methyl/N-ethyl adjacent to an activating group) is 1. The molecular formula is C16H20F2N2. The largest absolute Gasteiger partial charge is 0.358 e. The molecule has 4 heteroatoms. The summed E-state index contributed by atoms with van der Waals surface area (Å²) in [5, 5.41) is 0.776. The van der Waals surface area contributed by atoms with E-state index in [1.165, 1.54) is 12.1 Å². The summed E-state index contributed by atoms with van der Waals surface area (Å²) in [7, 11) is 0. The average molecular weight is 281 g/mol. The second kappa shape index (κ2) is 5.17. The SMILES string of the molecule is [2H]C([2H])([2H])N1CCC[C@@H]1Cc1c(C)[nH]c2ccc(C(F)F)cc12. The van der Waals surface area contributed by atoms with Gasteiger partial charge in [0.1, 0.15) is 0 Å². The topological polar surface area (TPSA) is 19.0 Å². The van der Waals surface area contributed by atoms with Gasteiger partial charge in [-0.2, -0.15) is 0 Å². The van der Waals surface area contributed by atoms with Gasteiger partial charge in [0.25, 0.3) is 6.43 Å². The third-order valence-electron chi connectivity index (χ3n) is 4.21. The molecule has 2 nitrogen and oxygen atoms in total. The number of nitrogens with one attached hydrogen (secondary N) is 1. The molecule has 0 aliphatic carbocycles. The highest BCUT2D eigenvalue weighted by Crippen LogP contribution is 2.30. The fourth-order valence-corrected chi connectivity index (χ4v) is 3.08. The Morgan fingerprint density at radius 1 is 1.50 bits per heavy atom. The van der Waals surface area contributed by atoms with Gasteiger partial charge in [0, 0.05) is 32.3 Å². The quantitative estimate of drug-likeness (QED) is 0.899. The maximum atomic E-state index is 13.0. The number of rotatable bonds is 3. The van der Waals surface area contributed by atoms with Crippen molar-refractivity contribution < 1.29 is 12.9 Å². The zero-order valence-electron chi connectivity index (χ0n) is 14.4. The standard InChI is InChI=1S/C16H20F2N2/c1-10-13(9-12-4-3-7-20(12)2)14-8-11(16(17)18)5-6-15(14)19-10/h5-6,8,12,16,19H,3-4,7,9H2,1-2H3/t12-/m1/s1/i2D3. The molecule has 2 heterocycles. The molecule has 1 aromatic heterocycles. The van der Waals surface area contributed by atoms with Gasteiger partial charge in [0.2, 0.25) is 0 Å². The number of H-pyrrole nitrogens is 1. The lowest BCUT2D eigenvalue weighted by molar-refractivity contribution is 0.151.